The average molecular weight is 355 g/mol. The normalized spacial score (nSPS) is 15.3. The molecule has 0 atom stereocenters. The van der Waals surface area contributed by atoms with Gasteiger partial charge in [-0.1, -0.05) is 13.8 Å². The molecule has 0 spiro atoms. The highest BCUT2D eigenvalue weighted by molar-refractivity contribution is 5.95. The Labute approximate surface area is 152 Å². The second kappa shape index (κ2) is 7.59. The second-order valence-corrected chi connectivity index (χ2v) is 7.04. The summed E-state index contributed by atoms with van der Waals surface area (Å²) in [5.41, 5.74) is 7.83. The Bertz CT molecular complexity index is 832. The first-order valence-corrected chi connectivity index (χ1v) is 8.91. The minimum absolute atomic E-state index is 0.234. The van der Waals surface area contributed by atoms with E-state index in [2.05, 4.69) is 34.8 Å². The maximum atomic E-state index is 12.2. The molecule has 3 rings (SSSR count). The number of nitrogens with two attached hydrogens (primary N) is 1. The lowest BCUT2D eigenvalue weighted by molar-refractivity contribution is -0.132. The molecule has 1 saturated heterocycles. The standard InChI is InChI=1S/C19H25N5O2/c1-13(2)9-18(26)24-7-5-23(6-8-24)15-10-16-14(3-4-17(20)25)11-21-19(16)22-12-15/h3-4,10-13H,5-9H2,1-2H3,(H2,20,25)(H,21,22). The van der Waals surface area contributed by atoms with Crippen molar-refractivity contribution in [3.8, 4) is 0 Å². The molecule has 1 aliphatic rings. The number of pyridine rings is 1. The van der Waals surface area contributed by atoms with Crippen molar-refractivity contribution >= 4 is 34.6 Å². The number of carbonyl (C=O) groups is 2. The van der Waals surface area contributed by atoms with Gasteiger partial charge in [0, 0.05) is 55.8 Å². The number of hydrogen-bond acceptors (Lipinski definition) is 4. The predicted octanol–water partition coefficient (Wildman–Crippen LogP) is 1.76. The fraction of sp³-hybridized carbons (Fsp3) is 0.421. The number of aromatic amines is 1. The van der Waals surface area contributed by atoms with Crippen LogP contribution < -0.4 is 10.6 Å². The van der Waals surface area contributed by atoms with Crippen molar-refractivity contribution < 1.29 is 9.59 Å². The Balaban J connectivity index is 1.72. The molecule has 1 aliphatic heterocycles. The molecule has 3 N–H and O–H groups in total. The maximum Gasteiger partial charge on any atom is 0.241 e. The number of anilines is 1. The Morgan fingerprint density at radius 2 is 2.04 bits per heavy atom. The van der Waals surface area contributed by atoms with E-state index in [9.17, 15) is 9.59 Å². The highest BCUT2D eigenvalue weighted by atomic mass is 16.2. The van der Waals surface area contributed by atoms with Crippen molar-refractivity contribution in [3.05, 3.63) is 30.1 Å². The summed E-state index contributed by atoms with van der Waals surface area (Å²) in [4.78, 5) is 34.9. The molecule has 0 radical (unpaired) electrons. The zero-order valence-electron chi connectivity index (χ0n) is 15.2. The second-order valence-electron chi connectivity index (χ2n) is 7.04. The van der Waals surface area contributed by atoms with Gasteiger partial charge in [0.25, 0.3) is 0 Å². The van der Waals surface area contributed by atoms with E-state index in [1.54, 1.807) is 6.08 Å². The number of primary amides is 1. The SMILES string of the molecule is CC(C)CC(=O)N1CCN(c2cnc3[nH]cc(C=CC(N)=O)c3c2)CC1. The lowest BCUT2D eigenvalue weighted by Crippen LogP contribution is -2.49. The van der Waals surface area contributed by atoms with Crippen molar-refractivity contribution in [1.82, 2.24) is 14.9 Å². The van der Waals surface area contributed by atoms with Gasteiger partial charge in [0.15, 0.2) is 0 Å². The van der Waals surface area contributed by atoms with E-state index >= 15 is 0 Å². The van der Waals surface area contributed by atoms with Crippen LogP contribution in [-0.4, -0.2) is 52.9 Å². The Morgan fingerprint density at radius 3 is 2.69 bits per heavy atom. The van der Waals surface area contributed by atoms with E-state index in [4.69, 9.17) is 5.73 Å². The molecule has 3 heterocycles. The van der Waals surface area contributed by atoms with Gasteiger partial charge in [-0.25, -0.2) is 4.98 Å². The molecule has 0 bridgehead atoms. The lowest BCUT2D eigenvalue weighted by Gasteiger charge is -2.36. The number of amides is 2. The molecule has 2 aromatic rings. The number of piperazine rings is 1. The van der Waals surface area contributed by atoms with Gasteiger partial charge in [0.1, 0.15) is 5.65 Å². The van der Waals surface area contributed by atoms with Gasteiger partial charge >= 0.3 is 0 Å². The van der Waals surface area contributed by atoms with E-state index in [0.717, 1.165) is 48.5 Å². The van der Waals surface area contributed by atoms with Crippen molar-refractivity contribution in [2.45, 2.75) is 20.3 Å². The van der Waals surface area contributed by atoms with Crippen LogP contribution >= 0.6 is 0 Å². The molecule has 7 heteroatoms. The summed E-state index contributed by atoms with van der Waals surface area (Å²) in [6, 6.07) is 2.06. The molecule has 0 aromatic carbocycles. The van der Waals surface area contributed by atoms with Gasteiger partial charge in [0.2, 0.25) is 11.8 Å². The van der Waals surface area contributed by atoms with Gasteiger partial charge in [-0.2, -0.15) is 0 Å². The molecule has 26 heavy (non-hydrogen) atoms. The number of carbonyl (C=O) groups excluding carboxylic acids is 2. The topological polar surface area (TPSA) is 95.3 Å². The number of nitrogens with one attached hydrogen (secondary N) is 1. The van der Waals surface area contributed by atoms with Crippen LogP contribution in [0.4, 0.5) is 5.69 Å². The third-order valence-electron chi connectivity index (χ3n) is 4.56. The lowest BCUT2D eigenvalue weighted by atomic mass is 10.1. The molecule has 0 aliphatic carbocycles. The number of fused-ring (bicyclic) bond motifs is 1. The molecule has 2 amide bonds. The molecule has 2 aromatic heterocycles. The summed E-state index contributed by atoms with van der Waals surface area (Å²) in [6.45, 7) is 7.16. The minimum atomic E-state index is -0.481. The first-order valence-electron chi connectivity index (χ1n) is 8.91. The highest BCUT2D eigenvalue weighted by Gasteiger charge is 2.22. The molecular weight excluding hydrogens is 330 g/mol. The van der Waals surface area contributed by atoms with Crippen molar-refractivity contribution in [2.75, 3.05) is 31.1 Å². The van der Waals surface area contributed by atoms with Crippen LogP contribution in [-0.2, 0) is 9.59 Å². The van der Waals surface area contributed by atoms with Gasteiger partial charge in [0.05, 0.1) is 11.9 Å². The summed E-state index contributed by atoms with van der Waals surface area (Å²) in [5.74, 6) is 0.135. The summed E-state index contributed by atoms with van der Waals surface area (Å²) in [5, 5.41) is 0.943. The average Bonchev–Trinajstić information content (AvgIpc) is 3.01. The van der Waals surface area contributed by atoms with Crippen LogP contribution in [0, 0.1) is 5.92 Å². The molecular formula is C19H25N5O2. The third kappa shape index (κ3) is 4.04. The Morgan fingerprint density at radius 1 is 1.31 bits per heavy atom. The molecule has 0 unspecified atom stereocenters. The van der Waals surface area contributed by atoms with Crippen LogP contribution in [0.2, 0.25) is 0 Å². The van der Waals surface area contributed by atoms with E-state index in [-0.39, 0.29) is 5.91 Å². The smallest absolute Gasteiger partial charge is 0.241 e. The maximum absolute atomic E-state index is 12.2. The number of H-pyrrole nitrogens is 1. The van der Waals surface area contributed by atoms with Crippen LogP contribution in [0.3, 0.4) is 0 Å². The number of nitrogens with zero attached hydrogens (tertiary/aromatic N) is 3. The van der Waals surface area contributed by atoms with E-state index in [1.165, 1.54) is 6.08 Å². The van der Waals surface area contributed by atoms with E-state index < -0.39 is 5.91 Å². The molecule has 138 valence electrons. The number of aromatic nitrogens is 2. The van der Waals surface area contributed by atoms with Gasteiger partial charge in [-0.05, 0) is 18.1 Å². The van der Waals surface area contributed by atoms with E-state index in [1.807, 2.05) is 17.3 Å². The monoisotopic (exact) mass is 355 g/mol. The predicted molar refractivity (Wildman–Crippen MR) is 103 cm³/mol. The Kier molecular flexibility index (Phi) is 5.25. The van der Waals surface area contributed by atoms with Gasteiger partial charge in [-0.15, -0.1) is 0 Å². The first-order chi connectivity index (χ1) is 12.4. The van der Waals surface area contributed by atoms with Crippen LogP contribution in [0.25, 0.3) is 17.1 Å². The largest absolute Gasteiger partial charge is 0.367 e. The van der Waals surface area contributed by atoms with Crippen molar-refractivity contribution in [3.63, 3.8) is 0 Å². The third-order valence-corrected chi connectivity index (χ3v) is 4.56. The number of hydrogen-bond donors (Lipinski definition) is 2. The van der Waals surface area contributed by atoms with Crippen LogP contribution in [0.5, 0.6) is 0 Å². The van der Waals surface area contributed by atoms with E-state index in [0.29, 0.717) is 12.3 Å². The van der Waals surface area contributed by atoms with Crippen LogP contribution in [0.15, 0.2) is 24.5 Å². The Hall–Kier alpha value is -2.83. The van der Waals surface area contributed by atoms with Crippen molar-refractivity contribution in [2.24, 2.45) is 11.7 Å². The van der Waals surface area contributed by atoms with Gasteiger partial charge < -0.3 is 20.5 Å². The fourth-order valence-electron chi connectivity index (χ4n) is 3.19. The summed E-state index contributed by atoms with van der Waals surface area (Å²) >= 11 is 0. The zero-order chi connectivity index (χ0) is 18.7. The van der Waals surface area contributed by atoms with Crippen LogP contribution in [0.1, 0.15) is 25.8 Å². The fourth-order valence-corrected chi connectivity index (χ4v) is 3.19. The van der Waals surface area contributed by atoms with Crippen molar-refractivity contribution in [1.29, 1.82) is 0 Å². The summed E-state index contributed by atoms with van der Waals surface area (Å²) < 4.78 is 0. The minimum Gasteiger partial charge on any atom is -0.367 e. The summed E-state index contributed by atoms with van der Waals surface area (Å²) in [7, 11) is 0. The quantitative estimate of drug-likeness (QED) is 0.799. The first kappa shape index (κ1) is 18.0. The summed E-state index contributed by atoms with van der Waals surface area (Å²) in [6.07, 6.45) is 7.28. The molecule has 0 saturated carbocycles. The van der Waals surface area contributed by atoms with Gasteiger partial charge in [-0.3, -0.25) is 9.59 Å². The molecule has 1 fully saturated rings. The zero-order valence-corrected chi connectivity index (χ0v) is 15.2. The highest BCUT2D eigenvalue weighted by Crippen LogP contribution is 2.24. The molecule has 7 nitrogen and oxygen atoms in total. The number of rotatable bonds is 5.